The van der Waals surface area contributed by atoms with Crippen LogP contribution in [0.2, 0.25) is 0 Å². The van der Waals surface area contributed by atoms with Crippen molar-refractivity contribution in [2.45, 2.75) is 26.2 Å². The molecule has 0 saturated heterocycles. The zero-order valence-corrected chi connectivity index (χ0v) is 13.3. The first-order valence-corrected chi connectivity index (χ1v) is 6.91. The number of para-hydroxylation sites is 1. The number of hydrogen-bond donors (Lipinski definition) is 2. The number of nitrogens with zero attached hydrogens (tertiary/aromatic N) is 2. The minimum Gasteiger partial charge on any atom is -0.496 e. The Morgan fingerprint density at radius 2 is 1.82 bits per heavy atom. The van der Waals surface area contributed by atoms with E-state index >= 15 is 0 Å². The largest absolute Gasteiger partial charge is 0.496 e. The predicted octanol–water partition coefficient (Wildman–Crippen LogP) is 2.29. The number of aryl methyl sites for hydroxylation is 1. The fraction of sp³-hybridized carbons (Fsp3) is 0.294. The van der Waals surface area contributed by atoms with Gasteiger partial charge in [0, 0.05) is 5.56 Å². The summed E-state index contributed by atoms with van der Waals surface area (Å²) in [6, 6.07) is 7.82. The van der Waals surface area contributed by atoms with Gasteiger partial charge in [-0.05, 0) is 26.8 Å². The summed E-state index contributed by atoms with van der Waals surface area (Å²) in [4.78, 5) is 8.06. The molecule has 0 aliphatic rings. The maximum Gasteiger partial charge on any atom is 0.222 e. The average molecular weight is 296 g/mol. The van der Waals surface area contributed by atoms with Crippen LogP contribution >= 0.6 is 0 Å². The highest BCUT2D eigenvalue weighted by atomic mass is 16.5. The molecule has 0 unspecified atom stereocenters. The third-order valence-corrected chi connectivity index (χ3v) is 3.42. The number of ether oxygens (including phenoxy) is 1. The Morgan fingerprint density at radius 3 is 2.45 bits per heavy atom. The third-order valence-electron chi connectivity index (χ3n) is 3.42. The summed E-state index contributed by atoms with van der Waals surface area (Å²) in [5.41, 5.74) is 13.3. The molecule has 1 aromatic heterocycles. The number of nitrogen functional groups attached to an aromatic ring is 2. The van der Waals surface area contributed by atoms with Gasteiger partial charge in [-0.1, -0.05) is 30.0 Å². The molecule has 0 amide bonds. The van der Waals surface area contributed by atoms with Crippen molar-refractivity contribution in [3.8, 4) is 17.6 Å². The molecule has 2 aromatic rings. The molecule has 4 N–H and O–H groups in total. The maximum absolute atomic E-state index is 5.89. The van der Waals surface area contributed by atoms with Crippen LogP contribution in [0.3, 0.4) is 0 Å². The van der Waals surface area contributed by atoms with Crippen molar-refractivity contribution in [3.05, 3.63) is 41.1 Å². The summed E-state index contributed by atoms with van der Waals surface area (Å²) in [6.45, 7) is 5.87. The van der Waals surface area contributed by atoms with Gasteiger partial charge in [-0.25, -0.2) is 4.98 Å². The highest BCUT2D eigenvalue weighted by Crippen LogP contribution is 2.31. The first kappa shape index (κ1) is 15.6. The van der Waals surface area contributed by atoms with Gasteiger partial charge in [0.05, 0.1) is 23.8 Å². The van der Waals surface area contributed by atoms with Crippen LogP contribution in [0.15, 0.2) is 24.3 Å². The Labute approximate surface area is 130 Å². The van der Waals surface area contributed by atoms with Crippen molar-refractivity contribution in [1.29, 1.82) is 0 Å². The minimum absolute atomic E-state index is 0.157. The van der Waals surface area contributed by atoms with E-state index in [1.165, 1.54) is 0 Å². The molecule has 1 aromatic carbocycles. The Hall–Kier alpha value is -2.74. The van der Waals surface area contributed by atoms with Gasteiger partial charge in [-0.2, -0.15) is 4.98 Å². The van der Waals surface area contributed by atoms with Crippen LogP contribution in [0.4, 0.5) is 11.8 Å². The molecule has 1 heterocycles. The predicted molar refractivity (Wildman–Crippen MR) is 88.5 cm³/mol. The minimum atomic E-state index is -0.410. The Kier molecular flexibility index (Phi) is 4.22. The molecule has 0 aliphatic heterocycles. The molecular weight excluding hydrogens is 276 g/mol. The summed E-state index contributed by atoms with van der Waals surface area (Å²) in [5, 5.41) is 0. The molecule has 5 nitrogen and oxygen atoms in total. The standard InChI is InChI=1S/C17H20N4O/c1-11-12(15(18)21-16(19)20-11)9-10-17(2,3)13-7-5-6-8-14(13)22-4/h5-8H,1-4H3,(H4,18,19,20,21). The van der Waals surface area contributed by atoms with Gasteiger partial charge in [0.15, 0.2) is 0 Å². The monoisotopic (exact) mass is 296 g/mol. The van der Waals surface area contributed by atoms with Crippen molar-refractivity contribution in [2.24, 2.45) is 0 Å². The van der Waals surface area contributed by atoms with Crippen LogP contribution in [0.5, 0.6) is 5.75 Å². The van der Waals surface area contributed by atoms with Gasteiger partial charge in [0.25, 0.3) is 0 Å². The lowest BCUT2D eigenvalue weighted by Gasteiger charge is -2.21. The van der Waals surface area contributed by atoms with Gasteiger partial charge < -0.3 is 16.2 Å². The fourth-order valence-electron chi connectivity index (χ4n) is 2.22. The number of benzene rings is 1. The second-order valence-electron chi connectivity index (χ2n) is 5.50. The molecule has 0 saturated carbocycles. The smallest absolute Gasteiger partial charge is 0.222 e. The van der Waals surface area contributed by atoms with Gasteiger partial charge >= 0.3 is 0 Å². The molecule has 0 bridgehead atoms. The summed E-state index contributed by atoms with van der Waals surface area (Å²) >= 11 is 0. The fourth-order valence-corrected chi connectivity index (χ4v) is 2.22. The van der Waals surface area contributed by atoms with E-state index in [9.17, 15) is 0 Å². The van der Waals surface area contributed by atoms with E-state index in [4.69, 9.17) is 16.2 Å². The third kappa shape index (κ3) is 3.12. The van der Waals surface area contributed by atoms with E-state index in [0.29, 0.717) is 17.1 Å². The first-order valence-electron chi connectivity index (χ1n) is 6.91. The number of hydrogen-bond acceptors (Lipinski definition) is 5. The molecule has 0 radical (unpaired) electrons. The lowest BCUT2D eigenvalue weighted by Crippen LogP contribution is -2.16. The number of anilines is 2. The zero-order chi connectivity index (χ0) is 16.3. The molecule has 5 heteroatoms. The van der Waals surface area contributed by atoms with E-state index in [0.717, 1.165) is 11.3 Å². The van der Waals surface area contributed by atoms with Crippen LogP contribution in [0.1, 0.15) is 30.7 Å². The van der Waals surface area contributed by atoms with Crippen LogP contribution < -0.4 is 16.2 Å². The summed E-state index contributed by atoms with van der Waals surface area (Å²) in [5.74, 6) is 7.59. The van der Waals surface area contributed by atoms with E-state index in [2.05, 4.69) is 21.8 Å². The SMILES string of the molecule is COc1ccccc1C(C)(C)C#Cc1c(C)nc(N)nc1N. The molecule has 0 spiro atoms. The summed E-state index contributed by atoms with van der Waals surface area (Å²) < 4.78 is 5.41. The van der Waals surface area contributed by atoms with Crippen LogP contribution in [0.25, 0.3) is 0 Å². The zero-order valence-electron chi connectivity index (χ0n) is 13.3. The van der Waals surface area contributed by atoms with Gasteiger partial charge in [-0.15, -0.1) is 0 Å². The molecule has 0 atom stereocenters. The second-order valence-corrected chi connectivity index (χ2v) is 5.50. The van der Waals surface area contributed by atoms with Gasteiger partial charge in [0.2, 0.25) is 5.95 Å². The van der Waals surface area contributed by atoms with Crippen molar-refractivity contribution in [2.75, 3.05) is 18.6 Å². The number of nitrogens with two attached hydrogens (primary N) is 2. The van der Waals surface area contributed by atoms with Gasteiger partial charge in [0.1, 0.15) is 11.6 Å². The van der Waals surface area contributed by atoms with Crippen molar-refractivity contribution < 1.29 is 4.74 Å². The topological polar surface area (TPSA) is 87.0 Å². The van der Waals surface area contributed by atoms with Crippen LogP contribution in [-0.2, 0) is 5.41 Å². The average Bonchev–Trinajstić information content (AvgIpc) is 2.46. The second kappa shape index (κ2) is 5.94. The Balaban J connectivity index is 2.46. The van der Waals surface area contributed by atoms with E-state index < -0.39 is 5.41 Å². The van der Waals surface area contributed by atoms with E-state index in [1.807, 2.05) is 45.0 Å². The normalized spacial score (nSPS) is 10.7. The number of methoxy groups -OCH3 is 1. The van der Waals surface area contributed by atoms with Crippen LogP contribution in [0, 0.1) is 18.8 Å². The molecular formula is C17H20N4O. The van der Waals surface area contributed by atoms with E-state index in [-0.39, 0.29) is 5.95 Å². The first-order chi connectivity index (χ1) is 10.3. The Bertz CT molecular complexity index is 734. The quantitative estimate of drug-likeness (QED) is 0.830. The summed E-state index contributed by atoms with van der Waals surface area (Å²) in [6.07, 6.45) is 0. The molecule has 2 rings (SSSR count). The number of aromatic nitrogens is 2. The number of rotatable bonds is 2. The van der Waals surface area contributed by atoms with Crippen molar-refractivity contribution in [3.63, 3.8) is 0 Å². The molecule has 0 fully saturated rings. The van der Waals surface area contributed by atoms with Crippen LogP contribution in [-0.4, -0.2) is 17.1 Å². The lowest BCUT2D eigenvalue weighted by molar-refractivity contribution is 0.403. The van der Waals surface area contributed by atoms with Crippen molar-refractivity contribution in [1.82, 2.24) is 9.97 Å². The lowest BCUT2D eigenvalue weighted by atomic mass is 9.84. The van der Waals surface area contributed by atoms with E-state index in [1.54, 1.807) is 7.11 Å². The molecule has 114 valence electrons. The highest BCUT2D eigenvalue weighted by Gasteiger charge is 2.21. The van der Waals surface area contributed by atoms with Gasteiger partial charge in [-0.3, -0.25) is 0 Å². The maximum atomic E-state index is 5.89. The molecule has 0 aliphatic carbocycles. The molecule has 22 heavy (non-hydrogen) atoms. The Morgan fingerprint density at radius 1 is 1.14 bits per heavy atom. The summed E-state index contributed by atoms with van der Waals surface area (Å²) in [7, 11) is 1.65. The highest BCUT2D eigenvalue weighted by molar-refractivity contribution is 5.57. The van der Waals surface area contributed by atoms with Crippen molar-refractivity contribution >= 4 is 11.8 Å².